The van der Waals surface area contributed by atoms with Crippen LogP contribution in [0.4, 0.5) is 5.69 Å². The molecule has 1 unspecified atom stereocenters. The maximum Gasteiger partial charge on any atom is 0.309 e. The molecule has 6 nitrogen and oxygen atoms in total. The molecule has 2 aliphatic rings. The third-order valence-corrected chi connectivity index (χ3v) is 3.84. The lowest BCUT2D eigenvalue weighted by molar-refractivity contribution is -0.150. The minimum Gasteiger partial charge on any atom is -0.481 e. The summed E-state index contributed by atoms with van der Waals surface area (Å²) in [4.78, 5) is 38.1. The lowest BCUT2D eigenvalue weighted by Crippen LogP contribution is -2.56. The fourth-order valence-electron chi connectivity index (χ4n) is 2.67. The van der Waals surface area contributed by atoms with Crippen LogP contribution in [0.15, 0.2) is 30.3 Å². The second-order valence-corrected chi connectivity index (χ2v) is 5.11. The van der Waals surface area contributed by atoms with E-state index >= 15 is 0 Å². The van der Waals surface area contributed by atoms with Gasteiger partial charge < -0.3 is 5.11 Å². The summed E-state index contributed by atoms with van der Waals surface area (Å²) in [7, 11) is 0. The number of carboxylic acids is 1. The fourth-order valence-corrected chi connectivity index (χ4v) is 2.67. The number of amides is 2. The van der Waals surface area contributed by atoms with Crippen LogP contribution in [0.5, 0.6) is 0 Å². The molecule has 0 aromatic heterocycles. The molecule has 104 valence electrons. The van der Waals surface area contributed by atoms with Crippen LogP contribution in [0.3, 0.4) is 0 Å². The zero-order chi connectivity index (χ0) is 14.3. The van der Waals surface area contributed by atoms with Gasteiger partial charge in [-0.3, -0.25) is 19.3 Å². The van der Waals surface area contributed by atoms with Gasteiger partial charge in [-0.05, 0) is 12.1 Å². The summed E-state index contributed by atoms with van der Waals surface area (Å²) in [6, 6.07) is 8.28. The number of hydrogen-bond acceptors (Lipinski definition) is 4. The van der Waals surface area contributed by atoms with E-state index in [4.69, 9.17) is 5.11 Å². The highest BCUT2D eigenvalue weighted by Crippen LogP contribution is 2.29. The molecule has 0 bridgehead atoms. The number of carbonyl (C=O) groups is 3. The zero-order valence-corrected chi connectivity index (χ0v) is 10.7. The molecule has 6 heteroatoms. The summed E-state index contributed by atoms with van der Waals surface area (Å²) < 4.78 is 0. The molecule has 0 aliphatic carbocycles. The van der Waals surface area contributed by atoms with Crippen molar-refractivity contribution in [1.29, 1.82) is 0 Å². The molecule has 0 spiro atoms. The smallest absolute Gasteiger partial charge is 0.309 e. The lowest BCUT2D eigenvalue weighted by Gasteiger charge is -2.39. The number of para-hydroxylation sites is 1. The summed E-state index contributed by atoms with van der Waals surface area (Å²) in [5.74, 6) is -1.77. The highest BCUT2D eigenvalue weighted by Gasteiger charge is 2.47. The van der Waals surface area contributed by atoms with Crippen LogP contribution in [0.2, 0.25) is 0 Å². The van der Waals surface area contributed by atoms with E-state index in [1.54, 1.807) is 29.2 Å². The topological polar surface area (TPSA) is 77.9 Å². The zero-order valence-electron chi connectivity index (χ0n) is 10.7. The van der Waals surface area contributed by atoms with Crippen molar-refractivity contribution in [2.45, 2.75) is 12.5 Å². The van der Waals surface area contributed by atoms with E-state index in [0.29, 0.717) is 18.8 Å². The minimum atomic E-state index is -0.849. The Morgan fingerprint density at radius 3 is 2.40 bits per heavy atom. The standard InChI is InChI=1S/C14H14N2O4/c17-12-6-11(15-7-9(8-15)14(19)20)13(18)16(12)10-4-2-1-3-5-10/h1-5,9,11H,6-8H2,(H,19,20). The van der Waals surface area contributed by atoms with Gasteiger partial charge in [0, 0.05) is 13.1 Å². The lowest BCUT2D eigenvalue weighted by atomic mass is 9.97. The highest BCUT2D eigenvalue weighted by molar-refractivity contribution is 6.22. The predicted octanol–water partition coefficient (Wildman–Crippen LogP) is 0.335. The molecule has 1 aromatic rings. The van der Waals surface area contributed by atoms with Crippen LogP contribution < -0.4 is 4.90 Å². The monoisotopic (exact) mass is 274 g/mol. The molecule has 2 amide bonds. The Morgan fingerprint density at radius 2 is 1.80 bits per heavy atom. The third-order valence-electron chi connectivity index (χ3n) is 3.84. The first-order valence-corrected chi connectivity index (χ1v) is 6.46. The number of imide groups is 1. The maximum absolute atomic E-state index is 12.3. The number of carbonyl (C=O) groups excluding carboxylic acids is 2. The number of benzene rings is 1. The van der Waals surface area contributed by atoms with E-state index in [9.17, 15) is 14.4 Å². The van der Waals surface area contributed by atoms with E-state index in [1.807, 2.05) is 6.07 Å². The van der Waals surface area contributed by atoms with Crippen molar-refractivity contribution in [3.05, 3.63) is 30.3 Å². The Balaban J connectivity index is 1.74. The summed E-state index contributed by atoms with van der Waals surface area (Å²) in [5.41, 5.74) is 0.570. The van der Waals surface area contributed by atoms with E-state index in [1.165, 1.54) is 4.90 Å². The molecule has 0 saturated carbocycles. The van der Waals surface area contributed by atoms with Gasteiger partial charge in [0.1, 0.15) is 0 Å². The molecule has 2 heterocycles. The minimum absolute atomic E-state index is 0.125. The predicted molar refractivity (Wildman–Crippen MR) is 70.0 cm³/mol. The first kappa shape index (κ1) is 12.8. The fraction of sp³-hybridized carbons (Fsp3) is 0.357. The Bertz CT molecular complexity index is 566. The quantitative estimate of drug-likeness (QED) is 0.804. The van der Waals surface area contributed by atoms with E-state index in [0.717, 1.165) is 0 Å². The molecule has 1 N–H and O–H groups in total. The number of aliphatic carboxylic acids is 1. The normalized spacial score (nSPS) is 24.0. The molecule has 20 heavy (non-hydrogen) atoms. The molecular formula is C14H14N2O4. The molecule has 2 aliphatic heterocycles. The van der Waals surface area contributed by atoms with Gasteiger partial charge >= 0.3 is 5.97 Å². The molecule has 2 fully saturated rings. The van der Waals surface area contributed by atoms with Gasteiger partial charge in [-0.1, -0.05) is 18.2 Å². The average molecular weight is 274 g/mol. The summed E-state index contributed by atoms with van der Waals surface area (Å²) in [6.45, 7) is 0.670. The SMILES string of the molecule is O=C(O)C1CN(C2CC(=O)N(c3ccccc3)C2=O)C1. The Hall–Kier alpha value is -2.21. The van der Waals surface area contributed by atoms with Crippen LogP contribution in [-0.2, 0) is 14.4 Å². The number of carboxylic acid groups (broad SMARTS) is 1. The van der Waals surface area contributed by atoms with Gasteiger partial charge in [-0.15, -0.1) is 0 Å². The molecule has 1 aromatic carbocycles. The van der Waals surface area contributed by atoms with Crippen LogP contribution in [0.1, 0.15) is 6.42 Å². The first-order chi connectivity index (χ1) is 9.58. The number of hydrogen-bond donors (Lipinski definition) is 1. The van der Waals surface area contributed by atoms with E-state index in [-0.39, 0.29) is 18.2 Å². The van der Waals surface area contributed by atoms with Crippen molar-refractivity contribution >= 4 is 23.5 Å². The number of anilines is 1. The van der Waals surface area contributed by atoms with Crippen molar-refractivity contribution in [3.63, 3.8) is 0 Å². The highest BCUT2D eigenvalue weighted by atomic mass is 16.4. The second-order valence-electron chi connectivity index (χ2n) is 5.11. The van der Waals surface area contributed by atoms with Crippen molar-refractivity contribution in [2.75, 3.05) is 18.0 Å². The van der Waals surface area contributed by atoms with Crippen LogP contribution in [-0.4, -0.2) is 46.9 Å². The Labute approximate surface area is 115 Å². The van der Waals surface area contributed by atoms with Crippen LogP contribution in [0, 0.1) is 5.92 Å². The van der Waals surface area contributed by atoms with Gasteiger partial charge in [-0.2, -0.15) is 0 Å². The molecule has 3 rings (SSSR count). The van der Waals surface area contributed by atoms with Gasteiger partial charge in [0.05, 0.1) is 24.1 Å². The number of likely N-dealkylation sites (tertiary alicyclic amines) is 1. The van der Waals surface area contributed by atoms with Crippen LogP contribution in [0.25, 0.3) is 0 Å². The van der Waals surface area contributed by atoms with Gasteiger partial charge in [0.2, 0.25) is 5.91 Å². The van der Waals surface area contributed by atoms with E-state index in [2.05, 4.69) is 0 Å². The van der Waals surface area contributed by atoms with Crippen molar-refractivity contribution in [1.82, 2.24) is 4.90 Å². The summed E-state index contributed by atoms with van der Waals surface area (Å²) in [6.07, 6.45) is 0.125. The van der Waals surface area contributed by atoms with Crippen LogP contribution >= 0.6 is 0 Å². The Morgan fingerprint density at radius 1 is 1.15 bits per heavy atom. The summed E-state index contributed by atoms with van der Waals surface area (Å²) in [5, 5.41) is 8.85. The molecule has 2 saturated heterocycles. The second kappa shape index (κ2) is 4.72. The van der Waals surface area contributed by atoms with Gasteiger partial charge in [0.25, 0.3) is 5.91 Å². The molecule has 0 radical (unpaired) electrons. The molecule has 1 atom stereocenters. The van der Waals surface area contributed by atoms with Crippen molar-refractivity contribution in [3.8, 4) is 0 Å². The summed E-state index contributed by atoms with van der Waals surface area (Å²) >= 11 is 0. The Kier molecular flexibility index (Phi) is 3.02. The van der Waals surface area contributed by atoms with E-state index < -0.39 is 17.9 Å². The van der Waals surface area contributed by atoms with Crippen molar-refractivity contribution in [2.24, 2.45) is 5.92 Å². The first-order valence-electron chi connectivity index (χ1n) is 6.46. The third kappa shape index (κ3) is 1.98. The van der Waals surface area contributed by atoms with Gasteiger partial charge in [-0.25, -0.2) is 4.90 Å². The van der Waals surface area contributed by atoms with Gasteiger partial charge in [0.15, 0.2) is 0 Å². The maximum atomic E-state index is 12.3. The largest absolute Gasteiger partial charge is 0.481 e. The van der Waals surface area contributed by atoms with Crippen molar-refractivity contribution < 1.29 is 19.5 Å². The number of nitrogens with zero attached hydrogens (tertiary/aromatic N) is 2. The molecular weight excluding hydrogens is 260 g/mol. The number of rotatable bonds is 3. The average Bonchev–Trinajstić information content (AvgIpc) is 2.64.